The van der Waals surface area contributed by atoms with Crippen molar-refractivity contribution in [3.63, 3.8) is 0 Å². The zero-order chi connectivity index (χ0) is 14.5. The Bertz CT molecular complexity index is 448. The predicted molar refractivity (Wildman–Crippen MR) is 80.9 cm³/mol. The van der Waals surface area contributed by atoms with E-state index in [9.17, 15) is 4.79 Å². The van der Waals surface area contributed by atoms with Crippen LogP contribution in [0.1, 0.15) is 45.6 Å². The quantitative estimate of drug-likeness (QED) is 0.842. The number of nitrogens with zero attached hydrogens (tertiary/aromatic N) is 1. The van der Waals surface area contributed by atoms with Crippen LogP contribution >= 0.6 is 0 Å². The van der Waals surface area contributed by atoms with Crippen molar-refractivity contribution in [2.24, 2.45) is 0 Å². The SMILES string of the molecule is CCc1ccccc1OCC(=O)N1C(C)CCCC1C. The summed E-state index contributed by atoms with van der Waals surface area (Å²) in [6.07, 6.45) is 4.33. The Hall–Kier alpha value is -1.51. The number of hydrogen-bond donors (Lipinski definition) is 0. The molecule has 110 valence electrons. The van der Waals surface area contributed by atoms with Crippen LogP contribution in [0, 0.1) is 0 Å². The van der Waals surface area contributed by atoms with E-state index in [1.54, 1.807) is 0 Å². The van der Waals surface area contributed by atoms with E-state index >= 15 is 0 Å². The van der Waals surface area contributed by atoms with Crippen molar-refractivity contribution < 1.29 is 9.53 Å². The lowest BCUT2D eigenvalue weighted by Crippen LogP contribution is -2.49. The van der Waals surface area contributed by atoms with Gasteiger partial charge in [0, 0.05) is 12.1 Å². The first-order valence-corrected chi connectivity index (χ1v) is 7.65. The number of carbonyl (C=O) groups is 1. The maximum atomic E-state index is 12.4. The number of para-hydroxylation sites is 1. The third kappa shape index (κ3) is 3.33. The normalized spacial score (nSPS) is 22.6. The topological polar surface area (TPSA) is 29.5 Å². The third-order valence-corrected chi connectivity index (χ3v) is 4.19. The van der Waals surface area contributed by atoms with E-state index in [4.69, 9.17) is 4.74 Å². The summed E-state index contributed by atoms with van der Waals surface area (Å²) in [5.41, 5.74) is 1.15. The molecule has 0 saturated carbocycles. The highest BCUT2D eigenvalue weighted by atomic mass is 16.5. The Balaban J connectivity index is 1.97. The highest BCUT2D eigenvalue weighted by Crippen LogP contribution is 2.23. The molecule has 3 nitrogen and oxygen atoms in total. The average Bonchev–Trinajstić information content (AvgIpc) is 2.45. The summed E-state index contributed by atoms with van der Waals surface area (Å²) in [5.74, 6) is 0.941. The van der Waals surface area contributed by atoms with Crippen LogP contribution in [0.15, 0.2) is 24.3 Å². The van der Waals surface area contributed by atoms with Crippen LogP contribution in [0.4, 0.5) is 0 Å². The largest absolute Gasteiger partial charge is 0.483 e. The van der Waals surface area contributed by atoms with Crippen molar-refractivity contribution in [2.45, 2.75) is 58.5 Å². The summed E-state index contributed by atoms with van der Waals surface area (Å²) in [6.45, 7) is 6.51. The summed E-state index contributed by atoms with van der Waals surface area (Å²) < 4.78 is 5.75. The van der Waals surface area contributed by atoms with Gasteiger partial charge in [-0.05, 0) is 51.2 Å². The lowest BCUT2D eigenvalue weighted by atomic mass is 9.97. The van der Waals surface area contributed by atoms with Crippen molar-refractivity contribution >= 4 is 5.91 Å². The van der Waals surface area contributed by atoms with Gasteiger partial charge in [-0.25, -0.2) is 0 Å². The standard InChI is InChI=1S/C17H25NO2/c1-4-15-10-5-6-11-16(15)20-12-17(19)18-13(2)8-7-9-14(18)3/h5-6,10-11,13-14H,4,7-9,12H2,1-3H3. The Morgan fingerprint density at radius 1 is 1.25 bits per heavy atom. The van der Waals surface area contributed by atoms with Gasteiger partial charge in [0.05, 0.1) is 0 Å². The second-order valence-corrected chi connectivity index (χ2v) is 5.68. The molecular weight excluding hydrogens is 250 g/mol. The van der Waals surface area contributed by atoms with Crippen molar-refractivity contribution in [1.82, 2.24) is 4.90 Å². The molecule has 1 aromatic rings. The van der Waals surface area contributed by atoms with Crippen molar-refractivity contribution in [3.8, 4) is 5.75 Å². The molecule has 1 aliphatic heterocycles. The van der Waals surface area contributed by atoms with Crippen LogP contribution in [0.25, 0.3) is 0 Å². The molecule has 0 N–H and O–H groups in total. The van der Waals surface area contributed by atoms with Gasteiger partial charge in [0.2, 0.25) is 0 Å². The molecule has 0 bridgehead atoms. The van der Waals surface area contributed by atoms with E-state index in [1.165, 1.54) is 6.42 Å². The van der Waals surface area contributed by atoms with E-state index in [0.717, 1.165) is 30.6 Å². The van der Waals surface area contributed by atoms with Crippen LogP contribution in [-0.2, 0) is 11.2 Å². The van der Waals surface area contributed by atoms with Crippen LogP contribution < -0.4 is 4.74 Å². The van der Waals surface area contributed by atoms with Gasteiger partial charge in [-0.2, -0.15) is 0 Å². The zero-order valence-electron chi connectivity index (χ0n) is 12.8. The number of ether oxygens (including phenoxy) is 1. The van der Waals surface area contributed by atoms with Gasteiger partial charge >= 0.3 is 0 Å². The summed E-state index contributed by atoms with van der Waals surface area (Å²) in [6, 6.07) is 8.60. The first kappa shape index (κ1) is 14.9. The number of likely N-dealkylation sites (tertiary alicyclic amines) is 1. The molecule has 1 fully saturated rings. The number of aryl methyl sites for hydroxylation is 1. The van der Waals surface area contributed by atoms with E-state index in [-0.39, 0.29) is 12.5 Å². The molecular formula is C17H25NO2. The Kier molecular flexibility index (Phi) is 5.05. The number of piperidine rings is 1. The van der Waals surface area contributed by atoms with Gasteiger partial charge in [-0.1, -0.05) is 25.1 Å². The lowest BCUT2D eigenvalue weighted by molar-refractivity contribution is -0.139. The van der Waals surface area contributed by atoms with Crippen molar-refractivity contribution in [1.29, 1.82) is 0 Å². The summed E-state index contributed by atoms with van der Waals surface area (Å²) >= 11 is 0. The van der Waals surface area contributed by atoms with Crippen LogP contribution in [0.2, 0.25) is 0 Å². The number of benzene rings is 1. The molecule has 0 aromatic heterocycles. The molecule has 3 heteroatoms. The number of rotatable bonds is 4. The second kappa shape index (κ2) is 6.78. The van der Waals surface area contributed by atoms with E-state index < -0.39 is 0 Å². The zero-order valence-corrected chi connectivity index (χ0v) is 12.8. The van der Waals surface area contributed by atoms with Gasteiger partial charge in [0.25, 0.3) is 5.91 Å². The Morgan fingerprint density at radius 2 is 1.90 bits per heavy atom. The highest BCUT2D eigenvalue weighted by molar-refractivity contribution is 5.78. The number of hydrogen-bond acceptors (Lipinski definition) is 2. The molecule has 1 amide bonds. The average molecular weight is 275 g/mol. The smallest absolute Gasteiger partial charge is 0.260 e. The van der Waals surface area contributed by atoms with Crippen LogP contribution in [-0.4, -0.2) is 29.5 Å². The predicted octanol–water partition coefficient (Wildman–Crippen LogP) is 3.42. The fourth-order valence-electron chi connectivity index (χ4n) is 3.06. The van der Waals surface area contributed by atoms with Gasteiger partial charge < -0.3 is 9.64 Å². The number of amides is 1. The van der Waals surface area contributed by atoms with Gasteiger partial charge in [-0.3, -0.25) is 4.79 Å². The molecule has 1 saturated heterocycles. The summed E-state index contributed by atoms with van der Waals surface area (Å²) in [5, 5.41) is 0. The first-order valence-electron chi connectivity index (χ1n) is 7.65. The van der Waals surface area contributed by atoms with Gasteiger partial charge in [-0.15, -0.1) is 0 Å². The van der Waals surface area contributed by atoms with Crippen molar-refractivity contribution in [2.75, 3.05) is 6.61 Å². The third-order valence-electron chi connectivity index (χ3n) is 4.19. The number of carbonyl (C=O) groups excluding carboxylic acids is 1. The Morgan fingerprint density at radius 3 is 2.55 bits per heavy atom. The minimum atomic E-state index is 0.107. The van der Waals surface area contributed by atoms with Crippen LogP contribution in [0.3, 0.4) is 0 Å². The first-order chi connectivity index (χ1) is 9.63. The van der Waals surface area contributed by atoms with Crippen molar-refractivity contribution in [3.05, 3.63) is 29.8 Å². The van der Waals surface area contributed by atoms with Gasteiger partial charge in [0.1, 0.15) is 5.75 Å². The molecule has 1 heterocycles. The minimum absolute atomic E-state index is 0.107. The van der Waals surface area contributed by atoms with E-state index in [1.807, 2.05) is 29.2 Å². The molecule has 1 aromatic carbocycles. The maximum Gasteiger partial charge on any atom is 0.260 e. The molecule has 2 atom stereocenters. The molecule has 0 aliphatic carbocycles. The monoisotopic (exact) mass is 275 g/mol. The maximum absolute atomic E-state index is 12.4. The molecule has 0 radical (unpaired) electrons. The minimum Gasteiger partial charge on any atom is -0.483 e. The molecule has 1 aliphatic rings. The van der Waals surface area contributed by atoms with Gasteiger partial charge in [0.15, 0.2) is 6.61 Å². The fraction of sp³-hybridized carbons (Fsp3) is 0.588. The second-order valence-electron chi connectivity index (χ2n) is 5.68. The summed E-state index contributed by atoms with van der Waals surface area (Å²) in [7, 11) is 0. The molecule has 20 heavy (non-hydrogen) atoms. The van der Waals surface area contributed by atoms with Crippen LogP contribution in [0.5, 0.6) is 5.75 Å². The summed E-state index contributed by atoms with van der Waals surface area (Å²) in [4.78, 5) is 14.4. The Labute approximate surface area is 121 Å². The highest BCUT2D eigenvalue weighted by Gasteiger charge is 2.29. The molecule has 2 unspecified atom stereocenters. The molecule has 2 rings (SSSR count). The fourth-order valence-corrected chi connectivity index (χ4v) is 3.06. The van der Waals surface area contributed by atoms with E-state index in [0.29, 0.717) is 12.1 Å². The lowest BCUT2D eigenvalue weighted by Gasteiger charge is -2.39. The molecule has 0 spiro atoms. The van der Waals surface area contributed by atoms with E-state index in [2.05, 4.69) is 20.8 Å².